The fourth-order valence-electron chi connectivity index (χ4n) is 1.42. The number of amides is 1. The highest BCUT2D eigenvalue weighted by Crippen LogP contribution is 2.12. The number of benzene rings is 1. The molecule has 0 bridgehead atoms. The van der Waals surface area contributed by atoms with Gasteiger partial charge in [0.1, 0.15) is 5.82 Å². The van der Waals surface area contributed by atoms with Crippen molar-refractivity contribution in [1.29, 1.82) is 0 Å². The van der Waals surface area contributed by atoms with Crippen molar-refractivity contribution in [2.75, 3.05) is 5.32 Å². The van der Waals surface area contributed by atoms with Crippen molar-refractivity contribution in [3.8, 4) is 0 Å². The van der Waals surface area contributed by atoms with E-state index in [1.807, 2.05) is 0 Å². The Labute approximate surface area is 98.1 Å². The van der Waals surface area contributed by atoms with Gasteiger partial charge in [0.15, 0.2) is 0 Å². The lowest BCUT2D eigenvalue weighted by Gasteiger charge is -2.06. The van der Waals surface area contributed by atoms with Gasteiger partial charge in [-0.05, 0) is 18.2 Å². The predicted octanol–water partition coefficient (Wildman–Crippen LogP) is 2.05. The number of rotatable bonds is 4. The third-order valence-corrected chi connectivity index (χ3v) is 2.28. The molecule has 0 aliphatic carbocycles. The molecule has 1 aromatic heterocycles. The van der Waals surface area contributed by atoms with Crippen LogP contribution in [0.4, 0.5) is 10.1 Å². The summed E-state index contributed by atoms with van der Waals surface area (Å²) in [5.74, 6) is -0.662. The minimum absolute atomic E-state index is 0.206. The number of halogens is 1. The molecule has 0 spiro atoms. The second kappa shape index (κ2) is 5.25. The van der Waals surface area contributed by atoms with E-state index in [9.17, 15) is 9.18 Å². The molecule has 1 amide bonds. The second-order valence-electron chi connectivity index (χ2n) is 3.55. The van der Waals surface area contributed by atoms with Crippen molar-refractivity contribution in [2.45, 2.75) is 13.0 Å². The van der Waals surface area contributed by atoms with Gasteiger partial charge in [0.25, 0.3) is 0 Å². The molecular formula is C12H12FN3O. The third-order valence-electron chi connectivity index (χ3n) is 2.28. The Bertz CT molecular complexity index is 496. The first-order valence-corrected chi connectivity index (χ1v) is 5.27. The zero-order valence-corrected chi connectivity index (χ0v) is 9.14. The van der Waals surface area contributed by atoms with Crippen molar-refractivity contribution in [1.82, 2.24) is 9.78 Å². The van der Waals surface area contributed by atoms with Crippen molar-refractivity contribution in [2.24, 2.45) is 0 Å². The fourth-order valence-corrected chi connectivity index (χ4v) is 1.42. The summed E-state index contributed by atoms with van der Waals surface area (Å²) in [5.41, 5.74) is 0.206. The van der Waals surface area contributed by atoms with Crippen LogP contribution >= 0.6 is 0 Å². The largest absolute Gasteiger partial charge is 0.324 e. The average molecular weight is 233 g/mol. The number of carbonyl (C=O) groups excluding carboxylic acids is 1. The Hall–Kier alpha value is -2.17. The molecule has 0 saturated carbocycles. The Morgan fingerprint density at radius 1 is 1.35 bits per heavy atom. The zero-order chi connectivity index (χ0) is 12.1. The molecule has 4 nitrogen and oxygen atoms in total. The van der Waals surface area contributed by atoms with Gasteiger partial charge >= 0.3 is 0 Å². The van der Waals surface area contributed by atoms with E-state index < -0.39 is 5.82 Å². The van der Waals surface area contributed by atoms with E-state index in [0.717, 1.165) is 0 Å². The highest BCUT2D eigenvalue weighted by Gasteiger charge is 2.06. The molecule has 1 N–H and O–H groups in total. The number of para-hydroxylation sites is 1. The van der Waals surface area contributed by atoms with Crippen LogP contribution in [0.25, 0.3) is 0 Å². The molecule has 5 heteroatoms. The molecule has 0 radical (unpaired) electrons. The summed E-state index contributed by atoms with van der Waals surface area (Å²) >= 11 is 0. The van der Waals surface area contributed by atoms with E-state index in [-0.39, 0.29) is 18.0 Å². The maximum atomic E-state index is 13.2. The number of aryl methyl sites for hydroxylation is 1. The first kappa shape index (κ1) is 11.3. The summed E-state index contributed by atoms with van der Waals surface area (Å²) in [5, 5.41) is 6.49. The minimum Gasteiger partial charge on any atom is -0.324 e. The Kier molecular flexibility index (Phi) is 3.49. The van der Waals surface area contributed by atoms with Crippen LogP contribution in [0, 0.1) is 5.82 Å². The fraction of sp³-hybridized carbons (Fsp3) is 0.167. The lowest BCUT2D eigenvalue weighted by molar-refractivity contribution is -0.116. The molecule has 1 heterocycles. The Morgan fingerprint density at radius 3 is 2.88 bits per heavy atom. The van der Waals surface area contributed by atoms with E-state index in [0.29, 0.717) is 6.54 Å². The van der Waals surface area contributed by atoms with Crippen molar-refractivity contribution < 1.29 is 9.18 Å². The number of hydrogen-bond acceptors (Lipinski definition) is 2. The van der Waals surface area contributed by atoms with Crippen LogP contribution in [0.1, 0.15) is 6.42 Å². The van der Waals surface area contributed by atoms with E-state index in [4.69, 9.17) is 0 Å². The van der Waals surface area contributed by atoms with Crippen molar-refractivity contribution >= 4 is 11.6 Å². The standard InChI is InChI=1S/C12H12FN3O/c13-10-4-1-2-5-11(10)15-12(17)6-9-16-8-3-7-14-16/h1-5,7-8H,6,9H2,(H,15,17). The monoisotopic (exact) mass is 233 g/mol. The quantitative estimate of drug-likeness (QED) is 0.878. The summed E-state index contributed by atoms with van der Waals surface area (Å²) in [6.07, 6.45) is 3.68. The molecule has 2 rings (SSSR count). The summed E-state index contributed by atoms with van der Waals surface area (Å²) in [7, 11) is 0. The highest BCUT2D eigenvalue weighted by molar-refractivity contribution is 5.90. The SMILES string of the molecule is O=C(CCn1cccn1)Nc1ccccc1F. The van der Waals surface area contributed by atoms with E-state index in [2.05, 4.69) is 10.4 Å². The molecule has 88 valence electrons. The predicted molar refractivity (Wildman–Crippen MR) is 61.9 cm³/mol. The van der Waals surface area contributed by atoms with Gasteiger partial charge in [-0.2, -0.15) is 5.10 Å². The Morgan fingerprint density at radius 2 is 2.18 bits per heavy atom. The number of hydrogen-bond donors (Lipinski definition) is 1. The van der Waals surface area contributed by atoms with E-state index in [1.54, 1.807) is 35.3 Å². The maximum Gasteiger partial charge on any atom is 0.226 e. The molecule has 0 unspecified atom stereocenters. The van der Waals surface area contributed by atoms with Gasteiger partial charge in [-0.3, -0.25) is 9.48 Å². The number of carbonyl (C=O) groups is 1. The van der Waals surface area contributed by atoms with Gasteiger partial charge in [0, 0.05) is 25.4 Å². The number of aromatic nitrogens is 2. The molecule has 2 aromatic rings. The van der Waals surface area contributed by atoms with Crippen LogP contribution in [0.3, 0.4) is 0 Å². The first-order chi connectivity index (χ1) is 8.25. The maximum absolute atomic E-state index is 13.2. The van der Waals surface area contributed by atoms with Crippen LogP contribution in [0.15, 0.2) is 42.7 Å². The van der Waals surface area contributed by atoms with Crippen LogP contribution < -0.4 is 5.32 Å². The number of nitrogens with zero attached hydrogens (tertiary/aromatic N) is 2. The normalized spacial score (nSPS) is 10.2. The molecule has 0 atom stereocenters. The molecular weight excluding hydrogens is 221 g/mol. The Balaban J connectivity index is 1.87. The summed E-state index contributed by atoms with van der Waals surface area (Å²) in [6.45, 7) is 0.479. The van der Waals surface area contributed by atoms with Gasteiger partial charge in [0.2, 0.25) is 5.91 Å². The van der Waals surface area contributed by atoms with Gasteiger partial charge in [-0.15, -0.1) is 0 Å². The van der Waals surface area contributed by atoms with Gasteiger partial charge in [0.05, 0.1) is 5.69 Å². The molecule has 17 heavy (non-hydrogen) atoms. The summed E-state index contributed by atoms with van der Waals surface area (Å²) in [6, 6.07) is 7.87. The lowest BCUT2D eigenvalue weighted by atomic mass is 10.3. The molecule has 0 aliphatic heterocycles. The molecule has 0 fully saturated rings. The van der Waals surface area contributed by atoms with Gasteiger partial charge in [-0.25, -0.2) is 4.39 Å². The van der Waals surface area contributed by atoms with Crippen molar-refractivity contribution in [3.63, 3.8) is 0 Å². The average Bonchev–Trinajstić information content (AvgIpc) is 2.82. The number of nitrogens with one attached hydrogen (secondary N) is 1. The molecule has 0 aliphatic rings. The molecule has 0 saturated heterocycles. The van der Waals surface area contributed by atoms with E-state index >= 15 is 0 Å². The van der Waals surface area contributed by atoms with Crippen LogP contribution in [-0.2, 0) is 11.3 Å². The van der Waals surface area contributed by atoms with Crippen LogP contribution in [-0.4, -0.2) is 15.7 Å². The number of anilines is 1. The van der Waals surface area contributed by atoms with Gasteiger partial charge < -0.3 is 5.32 Å². The van der Waals surface area contributed by atoms with Crippen LogP contribution in [0.5, 0.6) is 0 Å². The minimum atomic E-state index is -0.431. The topological polar surface area (TPSA) is 46.9 Å². The third kappa shape index (κ3) is 3.14. The van der Waals surface area contributed by atoms with Gasteiger partial charge in [-0.1, -0.05) is 12.1 Å². The zero-order valence-electron chi connectivity index (χ0n) is 9.14. The summed E-state index contributed by atoms with van der Waals surface area (Å²) in [4.78, 5) is 11.5. The summed E-state index contributed by atoms with van der Waals surface area (Å²) < 4.78 is 14.9. The van der Waals surface area contributed by atoms with Crippen LogP contribution in [0.2, 0.25) is 0 Å². The highest BCUT2D eigenvalue weighted by atomic mass is 19.1. The van der Waals surface area contributed by atoms with Crippen molar-refractivity contribution in [3.05, 3.63) is 48.5 Å². The molecule has 1 aromatic carbocycles. The second-order valence-corrected chi connectivity index (χ2v) is 3.55. The smallest absolute Gasteiger partial charge is 0.226 e. The first-order valence-electron chi connectivity index (χ1n) is 5.27. The lowest BCUT2D eigenvalue weighted by Crippen LogP contribution is -2.15. The van der Waals surface area contributed by atoms with E-state index in [1.165, 1.54) is 12.1 Å².